The minimum absolute atomic E-state index is 0. The maximum Gasteiger partial charge on any atom is 0.0752 e. The van der Waals surface area contributed by atoms with Crippen molar-refractivity contribution >= 4 is 49.9 Å². The fourth-order valence-electron chi connectivity index (χ4n) is 8.71. The van der Waals surface area contributed by atoms with E-state index < -0.39 is 0 Å². The number of rotatable bonds is 4. The second-order valence-corrected chi connectivity index (χ2v) is 20.5. The van der Waals surface area contributed by atoms with Gasteiger partial charge in [0.2, 0.25) is 0 Å². The number of nitrogens with zero attached hydrogens (tertiary/aromatic N) is 4. The van der Waals surface area contributed by atoms with E-state index in [9.17, 15) is 0 Å². The van der Waals surface area contributed by atoms with Crippen molar-refractivity contribution in [1.29, 1.82) is 0 Å². The van der Waals surface area contributed by atoms with E-state index in [1.807, 2.05) is 18.2 Å². The molecule has 0 unspecified atom stereocenters. The third kappa shape index (κ3) is 6.18. The molecule has 0 fully saturated rings. The summed E-state index contributed by atoms with van der Waals surface area (Å²) in [5, 5.41) is 8.71. The third-order valence-corrected chi connectivity index (χ3v) is 13.1. The molecule has 0 N–H and O–H groups in total. The molecule has 58 heavy (non-hydrogen) atoms. The number of hydrogen-bond donors (Lipinski definition) is 0. The normalized spacial score (nSPS) is 16.0. The first-order chi connectivity index (χ1) is 26.6. The van der Waals surface area contributed by atoms with Crippen LogP contribution in [0.1, 0.15) is 118 Å². The predicted octanol–water partition coefficient (Wildman–Crippen LogP) is 13.9. The molecular weight excluding hydrogens is 892 g/mol. The predicted molar refractivity (Wildman–Crippen MR) is 238 cm³/mol. The van der Waals surface area contributed by atoms with Crippen LogP contribution < -0.4 is 14.5 Å². The van der Waals surface area contributed by atoms with Crippen LogP contribution in [-0.4, -0.2) is 9.61 Å². The Morgan fingerprint density at radius 3 is 1.83 bits per heavy atom. The van der Waals surface area contributed by atoms with Crippen LogP contribution in [0.15, 0.2) is 91.1 Å². The monoisotopic (exact) mass is 946 g/mol. The summed E-state index contributed by atoms with van der Waals surface area (Å²) in [7, 11) is 0. The van der Waals surface area contributed by atoms with Crippen molar-refractivity contribution in [1.82, 2.24) is 9.61 Å². The summed E-state index contributed by atoms with van der Waals surface area (Å²) in [4.78, 5) is 4.51. The summed E-state index contributed by atoms with van der Waals surface area (Å²) >= 11 is 0. The van der Waals surface area contributed by atoms with E-state index in [0.717, 1.165) is 33.7 Å². The van der Waals surface area contributed by atoms with Crippen LogP contribution in [0.5, 0.6) is 11.5 Å². The van der Waals surface area contributed by atoms with Crippen LogP contribution in [-0.2, 0) is 48.1 Å². The van der Waals surface area contributed by atoms with Gasteiger partial charge in [0.05, 0.1) is 11.7 Å². The molecule has 6 heteroatoms. The Bertz CT molecular complexity index is 2740. The first-order valence-corrected chi connectivity index (χ1v) is 20.4. The van der Waals surface area contributed by atoms with Crippen LogP contribution in [0.3, 0.4) is 0 Å². The molecule has 302 valence electrons. The van der Waals surface area contributed by atoms with E-state index in [0.29, 0.717) is 11.5 Å². The van der Waals surface area contributed by atoms with Gasteiger partial charge in [-0.1, -0.05) is 126 Å². The van der Waals surface area contributed by atoms with Gasteiger partial charge in [-0.25, -0.2) is 0 Å². The van der Waals surface area contributed by atoms with Crippen LogP contribution in [0.4, 0.5) is 22.7 Å². The topological polar surface area (TPSA) is 33.0 Å². The largest absolute Gasteiger partial charge is 0.509 e. The van der Waals surface area contributed by atoms with E-state index in [1.165, 1.54) is 44.1 Å². The van der Waals surface area contributed by atoms with Gasteiger partial charge in [-0.05, 0) is 79.1 Å². The number of aromatic nitrogens is 2. The van der Waals surface area contributed by atoms with Gasteiger partial charge < -0.3 is 14.5 Å². The Kier molecular flexibility index (Phi) is 9.15. The molecule has 0 atom stereocenters. The Hall–Kier alpha value is -4.60. The zero-order valence-electron chi connectivity index (χ0n) is 36.3. The van der Waals surface area contributed by atoms with Crippen LogP contribution in [0.25, 0.3) is 27.2 Å². The van der Waals surface area contributed by atoms with E-state index in [2.05, 4.69) is 196 Å². The minimum Gasteiger partial charge on any atom is -0.509 e. The molecule has 5 aromatic carbocycles. The Morgan fingerprint density at radius 2 is 1.19 bits per heavy atom. The van der Waals surface area contributed by atoms with Crippen molar-refractivity contribution < 1.29 is 25.8 Å². The second kappa shape index (κ2) is 13.2. The molecule has 0 amide bonds. The van der Waals surface area contributed by atoms with E-state index in [4.69, 9.17) is 9.84 Å². The van der Waals surface area contributed by atoms with Crippen LogP contribution in [0, 0.1) is 18.8 Å². The van der Waals surface area contributed by atoms with E-state index in [-0.39, 0.29) is 48.1 Å². The number of benzene rings is 5. The van der Waals surface area contributed by atoms with Crippen molar-refractivity contribution in [3.05, 3.63) is 138 Å². The number of hydrogen-bond acceptors (Lipinski definition) is 4. The fraction of sp³-hybridized carbons (Fsp3) is 0.346. The van der Waals surface area contributed by atoms with Gasteiger partial charge in [-0.2, -0.15) is 17.2 Å². The number of para-hydroxylation sites is 2. The molecule has 2 aromatic heterocycles. The van der Waals surface area contributed by atoms with Gasteiger partial charge in [0.15, 0.2) is 0 Å². The molecule has 3 heterocycles. The van der Waals surface area contributed by atoms with Gasteiger partial charge in [-0.15, -0.1) is 48.1 Å². The molecule has 0 saturated carbocycles. The zero-order valence-corrected chi connectivity index (χ0v) is 38.5. The molecule has 1 aliphatic carbocycles. The summed E-state index contributed by atoms with van der Waals surface area (Å²) < 4.78 is 8.74. The number of fused-ring (bicyclic) bond motifs is 4. The minimum atomic E-state index is -0.132. The summed E-state index contributed by atoms with van der Waals surface area (Å²) in [6.45, 7) is 32.3. The Labute approximate surface area is 359 Å². The van der Waals surface area contributed by atoms with Crippen molar-refractivity contribution in [2.75, 3.05) is 9.80 Å². The maximum atomic E-state index is 6.64. The average molecular weight is 947 g/mol. The first kappa shape index (κ1) is 40.2. The molecule has 1 aliphatic heterocycles. The molecular formula is C52H55N4OPt-3. The van der Waals surface area contributed by atoms with Crippen LogP contribution in [0.2, 0.25) is 0 Å². The quantitative estimate of drug-likeness (QED) is 0.130. The van der Waals surface area contributed by atoms with E-state index >= 15 is 0 Å². The molecule has 0 spiro atoms. The van der Waals surface area contributed by atoms with E-state index in [1.54, 1.807) is 0 Å². The average Bonchev–Trinajstić information content (AvgIpc) is 3.77. The Morgan fingerprint density at radius 1 is 0.603 bits per heavy atom. The number of pyridine rings is 1. The van der Waals surface area contributed by atoms with Crippen molar-refractivity contribution in [2.24, 2.45) is 0 Å². The molecule has 9 rings (SSSR count). The van der Waals surface area contributed by atoms with Gasteiger partial charge in [0.25, 0.3) is 0 Å². The Balaban J connectivity index is 0.00000469. The number of ether oxygens (including phenoxy) is 1. The maximum absolute atomic E-state index is 6.64. The summed E-state index contributed by atoms with van der Waals surface area (Å²) in [6, 6.07) is 38.1. The summed E-state index contributed by atoms with van der Waals surface area (Å²) in [5.74, 6) is 1.25. The first-order valence-electron chi connectivity index (χ1n) is 20.4. The molecule has 7 aromatic rings. The molecule has 0 radical (unpaired) electrons. The third-order valence-electron chi connectivity index (χ3n) is 13.1. The molecule has 0 saturated heterocycles. The zero-order chi connectivity index (χ0) is 40.6. The van der Waals surface area contributed by atoms with Crippen molar-refractivity contribution in [3.63, 3.8) is 0 Å². The fourth-order valence-corrected chi connectivity index (χ4v) is 8.71. The number of anilines is 4. The van der Waals surface area contributed by atoms with Gasteiger partial charge in [0.1, 0.15) is 0 Å². The van der Waals surface area contributed by atoms with Crippen molar-refractivity contribution in [3.8, 4) is 11.5 Å². The smallest absolute Gasteiger partial charge is 0.0752 e. The van der Waals surface area contributed by atoms with Gasteiger partial charge in [-0.3, -0.25) is 4.52 Å². The summed E-state index contributed by atoms with van der Waals surface area (Å²) in [5.41, 5.74) is 12.8. The van der Waals surface area contributed by atoms with Crippen LogP contribution >= 0.6 is 0 Å². The van der Waals surface area contributed by atoms with Crippen molar-refractivity contribution in [2.45, 2.75) is 117 Å². The van der Waals surface area contributed by atoms with Gasteiger partial charge in [0, 0.05) is 60.6 Å². The van der Waals surface area contributed by atoms with Gasteiger partial charge >= 0.3 is 0 Å². The molecule has 5 nitrogen and oxygen atoms in total. The molecule has 2 aliphatic rings. The second-order valence-electron chi connectivity index (χ2n) is 20.5. The molecule has 0 bridgehead atoms. The summed E-state index contributed by atoms with van der Waals surface area (Å²) in [6.07, 6.45) is 2.08. The standard InChI is InChI=1S/C52H55N4O.Pt/c1-48(2,3)32-23-33(49(4,5)6)25-36(24-32)55-31-54(43-19-14-15-20-44(43)55)35-17-16-18-37(28-35)57-38-21-22-39-40-26-34(50(7,8)9)27-41-46(40)47-42(52(12,13)51(41,10)11)30-53-56(47)45(39)29-38;/h14-27,30-31H,1-13H3;/q-3;. The SMILES string of the molecule is CC(C)(C)c1cc(N2[CH-]N(c3[c-]c(Oc4[c-]c5c(cc4)c4cc(C(C)(C)C)cc6c4c4c(cnn54)C(C)(C)C6(C)C)ccc3)c3ccccc32)cc(C(C)(C)C)c1.[Pt].